The van der Waals surface area contributed by atoms with Crippen molar-refractivity contribution in [1.82, 2.24) is 19.7 Å². The summed E-state index contributed by atoms with van der Waals surface area (Å²) in [7, 11) is -2.68. The number of nitrogens with zero attached hydrogens (tertiary/aromatic N) is 3. The van der Waals surface area contributed by atoms with Gasteiger partial charge in [-0.1, -0.05) is 36.9 Å². The monoisotopic (exact) mass is 812 g/mol. The fraction of sp³-hybridized carbons (Fsp3) is 0.366. The number of aromatic nitrogens is 4. The minimum Gasteiger partial charge on any atom is -0.466 e. The molecule has 0 spiro atoms. The van der Waals surface area contributed by atoms with Crippen LogP contribution in [0.2, 0.25) is 0 Å². The average Bonchev–Trinajstić information content (AvgIpc) is 3.80. The van der Waals surface area contributed by atoms with Gasteiger partial charge in [0, 0.05) is 55.0 Å². The molecule has 1 unspecified atom stereocenters. The maximum atomic E-state index is 15.6. The van der Waals surface area contributed by atoms with E-state index in [4.69, 9.17) is 9.47 Å². The topological polar surface area (TPSA) is 142 Å². The minimum absolute atomic E-state index is 0.0139. The molecule has 5 rings (SSSR count). The van der Waals surface area contributed by atoms with Crippen LogP contribution in [0.5, 0.6) is 11.5 Å². The van der Waals surface area contributed by atoms with Crippen molar-refractivity contribution in [2.24, 2.45) is 7.05 Å². The van der Waals surface area contributed by atoms with Gasteiger partial charge >= 0.3 is 11.9 Å². The number of aromatic amines is 1. The van der Waals surface area contributed by atoms with Gasteiger partial charge in [0.2, 0.25) is 5.92 Å². The van der Waals surface area contributed by atoms with Crippen molar-refractivity contribution in [3.8, 4) is 22.9 Å². The zero-order chi connectivity index (χ0) is 41.5. The van der Waals surface area contributed by atoms with Gasteiger partial charge in [0.05, 0.1) is 29.9 Å². The van der Waals surface area contributed by atoms with Crippen LogP contribution in [0.4, 0.5) is 17.6 Å². The van der Waals surface area contributed by atoms with Gasteiger partial charge < -0.3 is 19.2 Å². The lowest BCUT2D eigenvalue weighted by atomic mass is 9.76. The second kappa shape index (κ2) is 17.7. The first-order valence-corrected chi connectivity index (χ1v) is 20.1. The molecule has 5 aromatic rings. The summed E-state index contributed by atoms with van der Waals surface area (Å²) in [5.41, 5.74) is 0.704. The number of hydrogen-bond donors (Lipinski definition) is 1. The third-order valence-electron chi connectivity index (χ3n) is 9.56. The normalized spacial score (nSPS) is 13.0. The fourth-order valence-corrected chi connectivity index (χ4v) is 7.64. The molecule has 0 saturated heterocycles. The first kappa shape index (κ1) is 42.6. The van der Waals surface area contributed by atoms with E-state index < -0.39 is 69.1 Å². The highest BCUT2D eigenvalue weighted by molar-refractivity contribution is 7.92. The molecule has 11 nitrogen and oxygen atoms in total. The summed E-state index contributed by atoms with van der Waals surface area (Å²) < 4.78 is 104. The van der Waals surface area contributed by atoms with Crippen LogP contribution in [0.25, 0.3) is 28.4 Å². The number of fused-ring (bicyclic) bond motifs is 1. The maximum absolute atomic E-state index is 15.6. The van der Waals surface area contributed by atoms with E-state index in [0.29, 0.717) is 34.0 Å². The van der Waals surface area contributed by atoms with Crippen LogP contribution in [0.15, 0.2) is 67.4 Å². The Labute approximate surface area is 328 Å². The molecule has 0 bridgehead atoms. The first-order valence-electron chi connectivity index (χ1n) is 18.3. The summed E-state index contributed by atoms with van der Waals surface area (Å²) in [6.45, 7) is 8.80. The van der Waals surface area contributed by atoms with Crippen molar-refractivity contribution < 1.29 is 49.8 Å². The minimum atomic E-state index is -4.18. The Morgan fingerprint density at radius 1 is 0.965 bits per heavy atom. The molecule has 304 valence electrons. The zero-order valence-corrected chi connectivity index (χ0v) is 32.9. The lowest BCUT2D eigenvalue weighted by molar-refractivity contribution is -0.143. The van der Waals surface area contributed by atoms with Gasteiger partial charge in [0.25, 0.3) is 0 Å². The summed E-state index contributed by atoms with van der Waals surface area (Å²) in [4.78, 5) is 31.5. The number of alkyl halides is 2. The lowest BCUT2D eigenvalue weighted by Gasteiger charge is -2.30. The molecule has 0 aliphatic carbocycles. The van der Waals surface area contributed by atoms with Crippen molar-refractivity contribution >= 4 is 38.8 Å². The SMILES string of the molecule is C=Cc1c(Oc2ccc(F)c(-c3nc(C(C)(CCC(F)(F)CCS(=O)(=O)CC(=O)OCC)c4cccc(CCC(=O)OCC)c4)nn3C)c2)c(F)cc2[nH]ccc12. The summed E-state index contributed by atoms with van der Waals surface area (Å²) in [5.74, 6) is -8.26. The highest BCUT2D eigenvalue weighted by Gasteiger charge is 2.40. The van der Waals surface area contributed by atoms with Gasteiger partial charge in [0.15, 0.2) is 33.1 Å². The molecule has 0 saturated carbocycles. The third kappa shape index (κ3) is 10.3. The number of H-pyrrole nitrogens is 1. The first-order chi connectivity index (χ1) is 27.0. The molecule has 1 N–H and O–H groups in total. The van der Waals surface area contributed by atoms with Gasteiger partial charge in [-0.05, 0) is 69.0 Å². The van der Waals surface area contributed by atoms with Gasteiger partial charge in [-0.3, -0.25) is 9.59 Å². The van der Waals surface area contributed by atoms with Crippen LogP contribution in [0, 0.1) is 11.6 Å². The third-order valence-corrected chi connectivity index (χ3v) is 11.1. The molecule has 0 amide bonds. The van der Waals surface area contributed by atoms with E-state index >= 15 is 17.6 Å². The number of esters is 2. The molecule has 0 aliphatic rings. The number of sulfone groups is 1. The Bertz CT molecular complexity index is 2380. The average molecular weight is 813 g/mol. The van der Waals surface area contributed by atoms with E-state index in [9.17, 15) is 18.0 Å². The molecule has 3 aromatic carbocycles. The number of benzene rings is 3. The van der Waals surface area contributed by atoms with Crippen LogP contribution >= 0.6 is 0 Å². The molecule has 57 heavy (non-hydrogen) atoms. The molecule has 1 atom stereocenters. The summed E-state index contributed by atoms with van der Waals surface area (Å²) in [6.07, 6.45) is 1.32. The summed E-state index contributed by atoms with van der Waals surface area (Å²) in [5, 5.41) is 5.24. The molecule has 0 fully saturated rings. The Hall–Kier alpha value is -5.51. The maximum Gasteiger partial charge on any atom is 0.321 e. The van der Waals surface area contributed by atoms with E-state index in [2.05, 4.69) is 26.4 Å². The fourth-order valence-electron chi connectivity index (χ4n) is 6.45. The highest BCUT2D eigenvalue weighted by Crippen LogP contribution is 2.41. The summed E-state index contributed by atoms with van der Waals surface area (Å²) in [6, 6.07) is 13.7. The molecule has 2 aromatic heterocycles. The molecular formula is C41H44F4N4O7S. The molecule has 2 heterocycles. The Morgan fingerprint density at radius 3 is 2.42 bits per heavy atom. The number of aryl methyl sites for hydroxylation is 2. The largest absolute Gasteiger partial charge is 0.466 e. The smallest absolute Gasteiger partial charge is 0.321 e. The van der Waals surface area contributed by atoms with Gasteiger partial charge in [-0.2, -0.15) is 5.10 Å². The number of carbonyl (C=O) groups is 2. The van der Waals surface area contributed by atoms with Gasteiger partial charge in [-0.25, -0.2) is 35.6 Å². The van der Waals surface area contributed by atoms with Gasteiger partial charge in [0.1, 0.15) is 17.3 Å². The molecule has 16 heteroatoms. The lowest BCUT2D eigenvalue weighted by Crippen LogP contribution is -2.31. The molecular weight excluding hydrogens is 769 g/mol. The Morgan fingerprint density at radius 2 is 1.70 bits per heavy atom. The summed E-state index contributed by atoms with van der Waals surface area (Å²) >= 11 is 0. The quantitative estimate of drug-likeness (QED) is 0.0644. The van der Waals surface area contributed by atoms with Gasteiger partial charge in [-0.15, -0.1) is 0 Å². The Kier molecular flexibility index (Phi) is 13.3. The predicted molar refractivity (Wildman–Crippen MR) is 207 cm³/mol. The predicted octanol–water partition coefficient (Wildman–Crippen LogP) is 8.26. The number of carbonyl (C=O) groups excluding carboxylic acids is 2. The van der Waals surface area contributed by atoms with Crippen LogP contribution in [0.1, 0.15) is 69.0 Å². The van der Waals surface area contributed by atoms with Crippen LogP contribution in [-0.4, -0.2) is 70.7 Å². The van der Waals surface area contributed by atoms with Crippen molar-refractivity contribution in [1.29, 1.82) is 0 Å². The zero-order valence-electron chi connectivity index (χ0n) is 32.0. The number of halogens is 4. The van der Waals surface area contributed by atoms with E-state index in [1.807, 2.05) is 0 Å². The second-order valence-corrected chi connectivity index (χ2v) is 15.9. The number of nitrogens with one attached hydrogen (secondary N) is 1. The van der Waals surface area contributed by atoms with Crippen LogP contribution in [0.3, 0.4) is 0 Å². The van der Waals surface area contributed by atoms with Crippen molar-refractivity contribution in [2.45, 2.75) is 64.2 Å². The highest BCUT2D eigenvalue weighted by atomic mass is 32.2. The Balaban J connectivity index is 1.49. The van der Waals surface area contributed by atoms with E-state index in [1.165, 1.54) is 42.9 Å². The van der Waals surface area contributed by atoms with Crippen molar-refractivity contribution in [3.63, 3.8) is 0 Å². The number of rotatable bonds is 19. The van der Waals surface area contributed by atoms with Crippen molar-refractivity contribution in [2.75, 3.05) is 24.7 Å². The van der Waals surface area contributed by atoms with E-state index in [0.717, 1.165) is 6.07 Å². The molecule has 0 aliphatic heterocycles. The van der Waals surface area contributed by atoms with Crippen LogP contribution < -0.4 is 4.74 Å². The molecule has 0 radical (unpaired) electrons. The van der Waals surface area contributed by atoms with Crippen LogP contribution in [-0.2, 0) is 47.8 Å². The van der Waals surface area contributed by atoms with Crippen molar-refractivity contribution in [3.05, 3.63) is 102 Å². The van der Waals surface area contributed by atoms with E-state index in [1.54, 1.807) is 50.4 Å². The second-order valence-electron chi connectivity index (χ2n) is 13.7. The number of ether oxygens (including phenoxy) is 3. The standard InChI is InChI=1S/C41H44F4N4O7S/c1-6-29-30-16-20-46-34(30)24-33(43)37(29)56-28-13-14-32(42)31(23-28)38-47-39(48-49(38)5)40(4,27-11-9-10-26(22-27)12-15-35(50)54-7-2)17-18-41(44,45)19-21-57(52,53)25-36(51)55-8-3/h6,9-11,13-14,16,20,22-24,46H,1,7-8,12,15,17-19,21,25H2,2-5H3. The number of hydrogen-bond acceptors (Lipinski definition) is 9. The van der Waals surface area contributed by atoms with E-state index in [-0.39, 0.29) is 54.8 Å².